The number of hydrogen-bond donors (Lipinski definition) is 0. The van der Waals surface area contributed by atoms with Crippen molar-refractivity contribution in [2.45, 2.75) is 26.1 Å². The first kappa shape index (κ1) is 14.2. The summed E-state index contributed by atoms with van der Waals surface area (Å²) in [6.45, 7) is 5.72. The Labute approximate surface area is 104 Å². The zero-order chi connectivity index (χ0) is 12.7. The lowest BCUT2D eigenvalue weighted by atomic mass is 10.1. The quantitative estimate of drug-likeness (QED) is 0.730. The van der Waals surface area contributed by atoms with Crippen LogP contribution in [0.2, 0.25) is 0 Å². The molecule has 0 saturated carbocycles. The van der Waals surface area contributed by atoms with Gasteiger partial charge in [-0.2, -0.15) is 0 Å². The molecular formula is C14H22O3. The van der Waals surface area contributed by atoms with Gasteiger partial charge in [-0.05, 0) is 25.0 Å². The highest BCUT2D eigenvalue weighted by Crippen LogP contribution is 2.13. The lowest BCUT2D eigenvalue weighted by Gasteiger charge is -2.27. The largest absolute Gasteiger partial charge is 0.382 e. The van der Waals surface area contributed by atoms with E-state index in [2.05, 4.69) is 19.1 Å². The number of benzene rings is 1. The third kappa shape index (κ3) is 4.46. The van der Waals surface area contributed by atoms with Gasteiger partial charge >= 0.3 is 0 Å². The smallest absolute Gasteiger partial charge is 0.111 e. The van der Waals surface area contributed by atoms with Gasteiger partial charge in [-0.15, -0.1) is 0 Å². The third-order valence-electron chi connectivity index (χ3n) is 2.87. The van der Waals surface area contributed by atoms with E-state index in [4.69, 9.17) is 14.2 Å². The Morgan fingerprint density at radius 3 is 2.41 bits per heavy atom. The third-order valence-corrected chi connectivity index (χ3v) is 2.87. The van der Waals surface area contributed by atoms with Crippen LogP contribution in [0.3, 0.4) is 0 Å². The van der Waals surface area contributed by atoms with Crippen molar-refractivity contribution in [2.75, 3.05) is 27.4 Å². The summed E-state index contributed by atoms with van der Waals surface area (Å²) in [7, 11) is 3.34. The average molecular weight is 238 g/mol. The Bertz CT molecular complexity index is 338. The van der Waals surface area contributed by atoms with Crippen molar-refractivity contribution < 1.29 is 14.2 Å². The standard InChI is InChI=1S/C14H22O3/c1-12-7-5-6-8-13(12)9-17-11-14(2,16-4)10-15-3/h5-8H,9-11H2,1-4H3. The number of hydrogen-bond acceptors (Lipinski definition) is 3. The highest BCUT2D eigenvalue weighted by Gasteiger charge is 2.23. The van der Waals surface area contributed by atoms with Crippen molar-refractivity contribution in [1.82, 2.24) is 0 Å². The molecule has 1 rings (SSSR count). The van der Waals surface area contributed by atoms with Gasteiger partial charge in [0.25, 0.3) is 0 Å². The zero-order valence-electron chi connectivity index (χ0n) is 11.2. The maximum absolute atomic E-state index is 5.70. The van der Waals surface area contributed by atoms with E-state index in [1.54, 1.807) is 14.2 Å². The molecule has 3 nitrogen and oxygen atoms in total. The Kier molecular flexibility index (Phi) is 5.62. The SMILES string of the molecule is COCC(C)(COCc1ccccc1C)OC. The van der Waals surface area contributed by atoms with Gasteiger partial charge in [0.1, 0.15) is 5.60 Å². The molecule has 0 radical (unpaired) electrons. The van der Waals surface area contributed by atoms with E-state index >= 15 is 0 Å². The molecule has 0 heterocycles. The van der Waals surface area contributed by atoms with Gasteiger partial charge in [0.2, 0.25) is 0 Å². The van der Waals surface area contributed by atoms with Crippen molar-refractivity contribution in [3.63, 3.8) is 0 Å². The van der Waals surface area contributed by atoms with Gasteiger partial charge in [-0.1, -0.05) is 24.3 Å². The van der Waals surface area contributed by atoms with Gasteiger partial charge in [0, 0.05) is 14.2 Å². The highest BCUT2D eigenvalue weighted by atomic mass is 16.6. The van der Waals surface area contributed by atoms with Crippen LogP contribution in [0.5, 0.6) is 0 Å². The number of ether oxygens (including phenoxy) is 3. The summed E-state index contributed by atoms with van der Waals surface area (Å²) in [5.41, 5.74) is 2.08. The minimum absolute atomic E-state index is 0.378. The molecule has 17 heavy (non-hydrogen) atoms. The number of aryl methyl sites for hydroxylation is 1. The van der Waals surface area contributed by atoms with Crippen LogP contribution in [0.4, 0.5) is 0 Å². The summed E-state index contributed by atoms with van der Waals surface area (Å²) in [5.74, 6) is 0. The minimum Gasteiger partial charge on any atom is -0.382 e. The van der Waals surface area contributed by atoms with Gasteiger partial charge in [-0.3, -0.25) is 0 Å². The van der Waals surface area contributed by atoms with E-state index in [-0.39, 0.29) is 5.60 Å². The van der Waals surface area contributed by atoms with Crippen LogP contribution in [0.1, 0.15) is 18.1 Å². The molecule has 1 atom stereocenters. The Balaban J connectivity index is 2.44. The second-order valence-electron chi connectivity index (χ2n) is 4.51. The molecule has 0 aliphatic rings. The predicted molar refractivity (Wildman–Crippen MR) is 68.1 cm³/mol. The van der Waals surface area contributed by atoms with E-state index in [0.29, 0.717) is 19.8 Å². The molecule has 3 heteroatoms. The minimum atomic E-state index is -0.378. The van der Waals surface area contributed by atoms with Gasteiger partial charge in [-0.25, -0.2) is 0 Å². The maximum Gasteiger partial charge on any atom is 0.111 e. The second kappa shape index (κ2) is 6.74. The topological polar surface area (TPSA) is 27.7 Å². The fourth-order valence-electron chi connectivity index (χ4n) is 1.61. The highest BCUT2D eigenvalue weighted by molar-refractivity contribution is 5.24. The van der Waals surface area contributed by atoms with E-state index < -0.39 is 0 Å². The summed E-state index contributed by atoms with van der Waals surface area (Å²) in [4.78, 5) is 0. The van der Waals surface area contributed by atoms with Crippen molar-refractivity contribution in [3.8, 4) is 0 Å². The summed E-state index contributed by atoms with van der Waals surface area (Å²) >= 11 is 0. The first-order chi connectivity index (χ1) is 8.11. The predicted octanol–water partition coefficient (Wildman–Crippen LogP) is 2.56. The second-order valence-corrected chi connectivity index (χ2v) is 4.51. The van der Waals surface area contributed by atoms with Gasteiger partial charge < -0.3 is 14.2 Å². The van der Waals surface area contributed by atoms with E-state index in [1.165, 1.54) is 11.1 Å². The van der Waals surface area contributed by atoms with Crippen LogP contribution < -0.4 is 0 Å². The van der Waals surface area contributed by atoms with Crippen LogP contribution in [-0.4, -0.2) is 33.0 Å². The molecule has 0 N–H and O–H groups in total. The van der Waals surface area contributed by atoms with Crippen LogP contribution in [0, 0.1) is 6.92 Å². The number of methoxy groups -OCH3 is 2. The van der Waals surface area contributed by atoms with E-state index in [9.17, 15) is 0 Å². The first-order valence-electron chi connectivity index (χ1n) is 5.77. The van der Waals surface area contributed by atoms with Crippen LogP contribution in [0.15, 0.2) is 24.3 Å². The van der Waals surface area contributed by atoms with Crippen LogP contribution >= 0.6 is 0 Å². The molecule has 0 saturated heterocycles. The monoisotopic (exact) mass is 238 g/mol. The Hall–Kier alpha value is -0.900. The van der Waals surface area contributed by atoms with Crippen LogP contribution in [0.25, 0.3) is 0 Å². The summed E-state index contributed by atoms with van der Waals surface area (Å²) in [6, 6.07) is 8.22. The Morgan fingerprint density at radius 2 is 1.82 bits per heavy atom. The fourth-order valence-corrected chi connectivity index (χ4v) is 1.61. The van der Waals surface area contributed by atoms with Crippen molar-refractivity contribution in [3.05, 3.63) is 35.4 Å². The lowest BCUT2D eigenvalue weighted by Crippen LogP contribution is -2.38. The molecule has 0 amide bonds. The molecule has 0 aliphatic carbocycles. The van der Waals surface area contributed by atoms with Gasteiger partial charge in [0.15, 0.2) is 0 Å². The summed E-state index contributed by atoms with van der Waals surface area (Å²) < 4.78 is 16.2. The molecule has 0 aliphatic heterocycles. The molecule has 96 valence electrons. The number of rotatable bonds is 7. The average Bonchev–Trinajstić information content (AvgIpc) is 2.32. The molecule has 1 unspecified atom stereocenters. The zero-order valence-corrected chi connectivity index (χ0v) is 11.2. The normalized spacial score (nSPS) is 14.6. The molecule has 1 aromatic carbocycles. The van der Waals surface area contributed by atoms with Gasteiger partial charge in [0.05, 0.1) is 19.8 Å². The molecular weight excluding hydrogens is 216 g/mol. The lowest BCUT2D eigenvalue weighted by molar-refractivity contribution is -0.103. The molecule has 0 bridgehead atoms. The molecule has 1 aromatic rings. The van der Waals surface area contributed by atoms with Crippen molar-refractivity contribution >= 4 is 0 Å². The van der Waals surface area contributed by atoms with E-state index in [0.717, 1.165) is 0 Å². The van der Waals surface area contributed by atoms with Crippen molar-refractivity contribution in [1.29, 1.82) is 0 Å². The van der Waals surface area contributed by atoms with E-state index in [1.807, 2.05) is 19.1 Å². The fraction of sp³-hybridized carbons (Fsp3) is 0.571. The summed E-state index contributed by atoms with van der Waals surface area (Å²) in [6.07, 6.45) is 0. The molecule has 0 fully saturated rings. The maximum atomic E-state index is 5.70. The van der Waals surface area contributed by atoms with Crippen LogP contribution in [-0.2, 0) is 20.8 Å². The first-order valence-corrected chi connectivity index (χ1v) is 5.77. The summed E-state index contributed by atoms with van der Waals surface area (Å²) in [5, 5.41) is 0. The molecule has 0 aromatic heterocycles. The Morgan fingerprint density at radius 1 is 1.12 bits per heavy atom. The molecule has 0 spiro atoms. The van der Waals surface area contributed by atoms with Crippen molar-refractivity contribution in [2.24, 2.45) is 0 Å².